The van der Waals surface area contributed by atoms with Crippen molar-refractivity contribution in [2.45, 2.75) is 19.5 Å². The first-order valence-corrected chi connectivity index (χ1v) is 4.82. The summed E-state index contributed by atoms with van der Waals surface area (Å²) in [6.07, 6.45) is 0.695. The van der Waals surface area contributed by atoms with Crippen LogP contribution in [-0.2, 0) is 13.1 Å². The average molecular weight is 227 g/mol. The van der Waals surface area contributed by atoms with Crippen molar-refractivity contribution >= 4 is 5.82 Å². The van der Waals surface area contributed by atoms with Crippen molar-refractivity contribution < 1.29 is 13.2 Å². The van der Waals surface area contributed by atoms with E-state index in [0.717, 1.165) is 5.76 Å². The van der Waals surface area contributed by atoms with Crippen molar-refractivity contribution in [1.29, 1.82) is 0 Å². The van der Waals surface area contributed by atoms with E-state index in [1.54, 1.807) is 18.4 Å². The molecule has 0 aliphatic rings. The number of alkyl halides is 2. The molecule has 6 heteroatoms. The number of hydrogen-bond acceptors (Lipinski definition) is 3. The Hall–Kier alpha value is -1.85. The van der Waals surface area contributed by atoms with Gasteiger partial charge in [0.2, 0.25) is 0 Å². The number of hydrogen-bond donors (Lipinski definition) is 1. The van der Waals surface area contributed by atoms with Crippen LogP contribution in [0, 0.1) is 0 Å². The lowest BCUT2D eigenvalue weighted by Gasteiger charge is -2.00. The third kappa shape index (κ3) is 2.82. The third-order valence-electron chi connectivity index (χ3n) is 1.99. The molecular formula is C10H11F2N3O. The highest BCUT2D eigenvalue weighted by molar-refractivity contribution is 5.32. The van der Waals surface area contributed by atoms with E-state index >= 15 is 0 Å². The molecule has 0 amide bonds. The SMILES string of the molecule is FC(F)Cn1ccc(NCc2ccco2)n1. The molecule has 16 heavy (non-hydrogen) atoms. The van der Waals surface area contributed by atoms with Crippen LogP contribution >= 0.6 is 0 Å². The van der Waals surface area contributed by atoms with Crippen molar-refractivity contribution in [2.24, 2.45) is 0 Å². The molecule has 2 aromatic rings. The van der Waals surface area contributed by atoms with Gasteiger partial charge in [0.05, 0.1) is 12.8 Å². The van der Waals surface area contributed by atoms with E-state index in [1.807, 2.05) is 6.07 Å². The maximum atomic E-state index is 12.0. The molecule has 2 rings (SSSR count). The molecule has 0 aliphatic carbocycles. The van der Waals surface area contributed by atoms with E-state index in [4.69, 9.17) is 4.42 Å². The maximum Gasteiger partial charge on any atom is 0.257 e. The van der Waals surface area contributed by atoms with Gasteiger partial charge in [0.15, 0.2) is 0 Å². The molecule has 86 valence electrons. The van der Waals surface area contributed by atoms with Crippen LogP contribution in [0.4, 0.5) is 14.6 Å². The summed E-state index contributed by atoms with van der Waals surface area (Å²) in [5, 5.41) is 6.90. The van der Waals surface area contributed by atoms with E-state index in [0.29, 0.717) is 12.4 Å². The zero-order valence-electron chi connectivity index (χ0n) is 8.44. The fourth-order valence-corrected chi connectivity index (χ4v) is 1.29. The normalized spacial score (nSPS) is 10.9. The van der Waals surface area contributed by atoms with Gasteiger partial charge in [-0.1, -0.05) is 0 Å². The van der Waals surface area contributed by atoms with Gasteiger partial charge in [0.25, 0.3) is 6.43 Å². The molecule has 0 radical (unpaired) electrons. The predicted octanol–water partition coefficient (Wildman–Crippen LogP) is 2.35. The summed E-state index contributed by atoms with van der Waals surface area (Å²) in [6.45, 7) is 0.0983. The Kier molecular flexibility index (Phi) is 3.19. The predicted molar refractivity (Wildman–Crippen MR) is 54.3 cm³/mol. The molecule has 0 unspecified atom stereocenters. The smallest absolute Gasteiger partial charge is 0.257 e. The van der Waals surface area contributed by atoms with Gasteiger partial charge in [0.1, 0.15) is 18.1 Å². The first kappa shape index (κ1) is 10.7. The van der Waals surface area contributed by atoms with Crippen LogP contribution < -0.4 is 5.32 Å². The standard InChI is InChI=1S/C10H11F2N3O/c11-9(12)7-15-4-3-10(14-15)13-6-8-2-1-5-16-8/h1-5,9H,6-7H2,(H,13,14). The first-order chi connectivity index (χ1) is 7.74. The van der Waals surface area contributed by atoms with Gasteiger partial charge in [-0.25, -0.2) is 8.78 Å². The quantitative estimate of drug-likeness (QED) is 0.852. The largest absolute Gasteiger partial charge is 0.467 e. The van der Waals surface area contributed by atoms with Crippen LogP contribution in [0.25, 0.3) is 0 Å². The number of rotatable bonds is 5. The Bertz CT molecular complexity index is 425. The lowest BCUT2D eigenvalue weighted by molar-refractivity contribution is 0.122. The highest BCUT2D eigenvalue weighted by Crippen LogP contribution is 2.07. The zero-order chi connectivity index (χ0) is 11.4. The second-order valence-corrected chi connectivity index (χ2v) is 3.25. The molecule has 0 aromatic carbocycles. The van der Waals surface area contributed by atoms with Gasteiger partial charge in [-0.05, 0) is 12.1 Å². The van der Waals surface area contributed by atoms with Gasteiger partial charge < -0.3 is 9.73 Å². The minimum absolute atomic E-state index is 0.386. The minimum atomic E-state index is -2.39. The van der Waals surface area contributed by atoms with E-state index in [-0.39, 0.29) is 6.54 Å². The van der Waals surface area contributed by atoms with Crippen molar-refractivity contribution in [2.75, 3.05) is 5.32 Å². The Morgan fingerprint density at radius 2 is 2.31 bits per heavy atom. The van der Waals surface area contributed by atoms with Crippen LogP contribution in [0.5, 0.6) is 0 Å². The number of furan rings is 1. The van der Waals surface area contributed by atoms with E-state index in [1.165, 1.54) is 10.9 Å². The van der Waals surface area contributed by atoms with Gasteiger partial charge >= 0.3 is 0 Å². The van der Waals surface area contributed by atoms with Crippen LogP contribution in [0.2, 0.25) is 0 Å². The molecule has 0 bridgehead atoms. The van der Waals surface area contributed by atoms with Crippen molar-refractivity contribution in [3.63, 3.8) is 0 Å². The number of nitrogens with one attached hydrogen (secondary N) is 1. The molecule has 1 N–H and O–H groups in total. The Morgan fingerprint density at radius 3 is 3.00 bits per heavy atom. The lowest BCUT2D eigenvalue weighted by atomic mass is 10.4. The van der Waals surface area contributed by atoms with Crippen LogP contribution in [0.1, 0.15) is 5.76 Å². The molecule has 0 aliphatic heterocycles. The van der Waals surface area contributed by atoms with Crippen molar-refractivity contribution in [3.05, 3.63) is 36.4 Å². The fraction of sp³-hybridized carbons (Fsp3) is 0.300. The van der Waals surface area contributed by atoms with Gasteiger partial charge in [-0.2, -0.15) is 5.10 Å². The molecule has 0 fully saturated rings. The second kappa shape index (κ2) is 4.78. The number of anilines is 1. The number of nitrogens with zero attached hydrogens (tertiary/aromatic N) is 2. The molecule has 0 saturated carbocycles. The molecule has 0 spiro atoms. The Morgan fingerprint density at radius 1 is 1.44 bits per heavy atom. The van der Waals surface area contributed by atoms with E-state index in [9.17, 15) is 8.78 Å². The number of halogens is 2. The Balaban J connectivity index is 1.88. The van der Waals surface area contributed by atoms with Crippen molar-refractivity contribution in [1.82, 2.24) is 9.78 Å². The molecule has 0 saturated heterocycles. The lowest BCUT2D eigenvalue weighted by Crippen LogP contribution is -2.07. The highest BCUT2D eigenvalue weighted by Gasteiger charge is 2.05. The summed E-state index contributed by atoms with van der Waals surface area (Å²) >= 11 is 0. The van der Waals surface area contributed by atoms with Crippen molar-refractivity contribution in [3.8, 4) is 0 Å². The van der Waals surface area contributed by atoms with Gasteiger partial charge in [-0.3, -0.25) is 4.68 Å². The third-order valence-corrected chi connectivity index (χ3v) is 1.99. The topological polar surface area (TPSA) is 43.0 Å². The monoisotopic (exact) mass is 227 g/mol. The average Bonchev–Trinajstić information content (AvgIpc) is 2.84. The molecule has 2 aromatic heterocycles. The molecule has 4 nitrogen and oxygen atoms in total. The summed E-state index contributed by atoms with van der Waals surface area (Å²) in [4.78, 5) is 0. The second-order valence-electron chi connectivity index (χ2n) is 3.25. The fourth-order valence-electron chi connectivity index (χ4n) is 1.29. The number of aromatic nitrogens is 2. The summed E-state index contributed by atoms with van der Waals surface area (Å²) in [5.41, 5.74) is 0. The summed E-state index contributed by atoms with van der Waals surface area (Å²) in [5.74, 6) is 1.32. The molecule has 2 heterocycles. The van der Waals surface area contributed by atoms with E-state index in [2.05, 4.69) is 10.4 Å². The maximum absolute atomic E-state index is 12.0. The van der Waals surface area contributed by atoms with Gasteiger partial charge in [0, 0.05) is 12.3 Å². The van der Waals surface area contributed by atoms with Crippen LogP contribution in [-0.4, -0.2) is 16.2 Å². The minimum Gasteiger partial charge on any atom is -0.467 e. The first-order valence-electron chi connectivity index (χ1n) is 4.82. The van der Waals surface area contributed by atoms with Crippen LogP contribution in [0.3, 0.4) is 0 Å². The molecule has 0 atom stereocenters. The zero-order valence-corrected chi connectivity index (χ0v) is 8.44. The summed E-state index contributed by atoms with van der Waals surface area (Å²) in [7, 11) is 0. The van der Waals surface area contributed by atoms with Gasteiger partial charge in [-0.15, -0.1) is 0 Å². The summed E-state index contributed by atoms with van der Waals surface area (Å²) in [6, 6.07) is 5.25. The Labute approximate surface area is 90.9 Å². The van der Waals surface area contributed by atoms with E-state index < -0.39 is 6.43 Å². The van der Waals surface area contributed by atoms with Crippen LogP contribution in [0.15, 0.2) is 35.1 Å². The molecular weight excluding hydrogens is 216 g/mol. The summed E-state index contributed by atoms with van der Waals surface area (Å²) < 4.78 is 30.4. The highest BCUT2D eigenvalue weighted by atomic mass is 19.3.